The third kappa shape index (κ3) is 6.51. The maximum Gasteiger partial charge on any atom is 0.313 e. The van der Waals surface area contributed by atoms with Crippen molar-refractivity contribution in [1.29, 1.82) is 0 Å². The standard InChI is InChI=1S/C12H14ClNO3S/c13-10-3-1-9(2-4-10)7-11(15)14-5-6-18-8-12(16)17/h1-4H,5-8H2,(H,14,15)(H,16,17). The molecule has 0 aliphatic heterocycles. The Labute approximate surface area is 115 Å². The molecule has 0 radical (unpaired) electrons. The lowest BCUT2D eigenvalue weighted by Crippen LogP contribution is -2.27. The molecule has 6 heteroatoms. The first-order valence-corrected chi connectivity index (χ1v) is 6.92. The fourth-order valence-corrected chi connectivity index (χ4v) is 1.96. The molecular formula is C12H14ClNO3S. The number of aliphatic carboxylic acids is 1. The highest BCUT2D eigenvalue weighted by atomic mass is 35.5. The number of carbonyl (C=O) groups excluding carboxylic acids is 1. The summed E-state index contributed by atoms with van der Waals surface area (Å²) < 4.78 is 0. The summed E-state index contributed by atoms with van der Waals surface area (Å²) in [6.45, 7) is 0.477. The fraction of sp³-hybridized carbons (Fsp3) is 0.333. The Morgan fingerprint density at radius 3 is 2.56 bits per heavy atom. The molecule has 0 atom stereocenters. The fourth-order valence-electron chi connectivity index (χ4n) is 1.27. The lowest BCUT2D eigenvalue weighted by molar-refractivity contribution is -0.133. The van der Waals surface area contributed by atoms with Gasteiger partial charge < -0.3 is 10.4 Å². The van der Waals surface area contributed by atoms with Crippen LogP contribution >= 0.6 is 23.4 Å². The highest BCUT2D eigenvalue weighted by Gasteiger charge is 2.03. The van der Waals surface area contributed by atoms with Crippen molar-refractivity contribution in [2.75, 3.05) is 18.1 Å². The Balaban J connectivity index is 2.17. The number of nitrogens with one attached hydrogen (secondary N) is 1. The molecule has 1 aromatic rings. The van der Waals surface area contributed by atoms with Crippen LogP contribution in [-0.2, 0) is 16.0 Å². The summed E-state index contributed by atoms with van der Waals surface area (Å²) in [4.78, 5) is 21.8. The van der Waals surface area contributed by atoms with Crippen molar-refractivity contribution in [1.82, 2.24) is 5.32 Å². The van der Waals surface area contributed by atoms with Crippen molar-refractivity contribution in [3.63, 3.8) is 0 Å². The molecule has 18 heavy (non-hydrogen) atoms. The first-order chi connectivity index (χ1) is 8.58. The average molecular weight is 288 g/mol. The summed E-state index contributed by atoms with van der Waals surface area (Å²) in [7, 11) is 0. The normalized spacial score (nSPS) is 10.1. The van der Waals surface area contributed by atoms with Crippen LogP contribution in [0.3, 0.4) is 0 Å². The summed E-state index contributed by atoms with van der Waals surface area (Å²) in [5.41, 5.74) is 0.898. The predicted octanol–water partition coefficient (Wildman–Crippen LogP) is 1.82. The summed E-state index contributed by atoms with van der Waals surface area (Å²) >= 11 is 7.02. The molecule has 1 aromatic carbocycles. The highest BCUT2D eigenvalue weighted by Crippen LogP contribution is 2.09. The zero-order valence-electron chi connectivity index (χ0n) is 9.69. The van der Waals surface area contributed by atoms with Gasteiger partial charge in [0.2, 0.25) is 5.91 Å². The third-order valence-corrected chi connectivity index (χ3v) is 3.27. The van der Waals surface area contributed by atoms with Crippen LogP contribution in [0.2, 0.25) is 5.02 Å². The van der Waals surface area contributed by atoms with E-state index in [2.05, 4.69) is 5.32 Å². The number of halogens is 1. The van der Waals surface area contributed by atoms with Crippen molar-refractivity contribution >= 4 is 35.2 Å². The Hall–Kier alpha value is -1.20. The topological polar surface area (TPSA) is 66.4 Å². The molecule has 0 aliphatic carbocycles. The minimum absolute atomic E-state index is 0.0626. The van der Waals surface area contributed by atoms with Crippen LogP contribution in [0.15, 0.2) is 24.3 Å². The van der Waals surface area contributed by atoms with Crippen LogP contribution in [0, 0.1) is 0 Å². The number of hydrogen-bond acceptors (Lipinski definition) is 3. The number of carbonyl (C=O) groups is 2. The zero-order valence-corrected chi connectivity index (χ0v) is 11.3. The van der Waals surface area contributed by atoms with Gasteiger partial charge in [-0.15, -0.1) is 11.8 Å². The summed E-state index contributed by atoms with van der Waals surface area (Å²) in [5, 5.41) is 11.8. The smallest absolute Gasteiger partial charge is 0.313 e. The zero-order chi connectivity index (χ0) is 13.4. The van der Waals surface area contributed by atoms with E-state index >= 15 is 0 Å². The lowest BCUT2D eigenvalue weighted by Gasteiger charge is -2.04. The van der Waals surface area contributed by atoms with Crippen molar-refractivity contribution in [3.8, 4) is 0 Å². The quantitative estimate of drug-likeness (QED) is 0.751. The Morgan fingerprint density at radius 2 is 1.94 bits per heavy atom. The number of carboxylic acid groups (broad SMARTS) is 1. The second kappa shape index (κ2) is 8.00. The van der Waals surface area contributed by atoms with Gasteiger partial charge in [0, 0.05) is 17.3 Å². The molecule has 2 N–H and O–H groups in total. The molecule has 0 aliphatic rings. The van der Waals surface area contributed by atoms with Gasteiger partial charge in [0.05, 0.1) is 12.2 Å². The number of benzene rings is 1. The first-order valence-electron chi connectivity index (χ1n) is 5.38. The summed E-state index contributed by atoms with van der Waals surface area (Å²) in [5.74, 6) is -0.258. The first kappa shape index (κ1) is 14.9. The molecule has 0 bridgehead atoms. The maximum absolute atomic E-state index is 11.5. The summed E-state index contributed by atoms with van der Waals surface area (Å²) in [6.07, 6.45) is 0.306. The van der Waals surface area contributed by atoms with Crippen LogP contribution in [0.25, 0.3) is 0 Å². The minimum atomic E-state index is -0.840. The summed E-state index contributed by atoms with van der Waals surface area (Å²) in [6, 6.07) is 7.10. The second-order valence-corrected chi connectivity index (χ2v) is 5.14. The van der Waals surface area contributed by atoms with Crippen LogP contribution in [0.5, 0.6) is 0 Å². The van der Waals surface area contributed by atoms with E-state index in [-0.39, 0.29) is 11.7 Å². The molecule has 0 spiro atoms. The molecule has 1 rings (SSSR count). The molecule has 0 saturated carbocycles. The second-order valence-electron chi connectivity index (χ2n) is 3.60. The number of thioether (sulfide) groups is 1. The Kier molecular flexibility index (Phi) is 6.60. The Bertz CT molecular complexity index is 408. The molecule has 0 fully saturated rings. The molecule has 98 valence electrons. The van der Waals surface area contributed by atoms with Gasteiger partial charge in [-0.1, -0.05) is 23.7 Å². The molecule has 0 unspecified atom stereocenters. The van der Waals surface area contributed by atoms with E-state index in [9.17, 15) is 9.59 Å². The van der Waals surface area contributed by atoms with E-state index in [1.807, 2.05) is 0 Å². The van der Waals surface area contributed by atoms with Gasteiger partial charge >= 0.3 is 5.97 Å². The van der Waals surface area contributed by atoms with E-state index < -0.39 is 5.97 Å². The highest BCUT2D eigenvalue weighted by molar-refractivity contribution is 7.99. The van der Waals surface area contributed by atoms with Gasteiger partial charge in [-0.3, -0.25) is 9.59 Å². The van der Waals surface area contributed by atoms with E-state index in [0.29, 0.717) is 23.7 Å². The monoisotopic (exact) mass is 287 g/mol. The van der Waals surface area contributed by atoms with Crippen LogP contribution in [0.1, 0.15) is 5.56 Å². The largest absolute Gasteiger partial charge is 0.481 e. The van der Waals surface area contributed by atoms with Crippen LogP contribution in [0.4, 0.5) is 0 Å². The van der Waals surface area contributed by atoms with Gasteiger partial charge in [-0.2, -0.15) is 0 Å². The van der Waals surface area contributed by atoms with Gasteiger partial charge in [0.1, 0.15) is 0 Å². The molecular weight excluding hydrogens is 274 g/mol. The molecule has 0 aromatic heterocycles. The van der Waals surface area contributed by atoms with Gasteiger partial charge in [0.25, 0.3) is 0 Å². The van der Waals surface area contributed by atoms with Crippen molar-refractivity contribution < 1.29 is 14.7 Å². The SMILES string of the molecule is O=C(O)CSCCNC(=O)Cc1ccc(Cl)cc1. The molecule has 1 amide bonds. The van der Waals surface area contributed by atoms with Crippen LogP contribution < -0.4 is 5.32 Å². The molecule has 0 saturated heterocycles. The number of hydrogen-bond donors (Lipinski definition) is 2. The molecule has 4 nitrogen and oxygen atoms in total. The number of carboxylic acids is 1. The minimum Gasteiger partial charge on any atom is -0.481 e. The number of amides is 1. The van der Waals surface area contributed by atoms with Crippen LogP contribution in [-0.4, -0.2) is 35.0 Å². The molecule has 0 heterocycles. The van der Waals surface area contributed by atoms with E-state index in [1.54, 1.807) is 24.3 Å². The maximum atomic E-state index is 11.5. The van der Waals surface area contributed by atoms with Gasteiger partial charge in [-0.05, 0) is 17.7 Å². The van der Waals surface area contributed by atoms with Crippen molar-refractivity contribution in [2.45, 2.75) is 6.42 Å². The van der Waals surface area contributed by atoms with Crippen molar-refractivity contribution in [3.05, 3.63) is 34.9 Å². The lowest BCUT2D eigenvalue weighted by atomic mass is 10.1. The predicted molar refractivity (Wildman–Crippen MR) is 73.1 cm³/mol. The number of rotatable bonds is 7. The van der Waals surface area contributed by atoms with E-state index in [0.717, 1.165) is 5.56 Å². The van der Waals surface area contributed by atoms with Crippen molar-refractivity contribution in [2.24, 2.45) is 0 Å². The van der Waals surface area contributed by atoms with E-state index in [4.69, 9.17) is 16.7 Å². The van der Waals surface area contributed by atoms with Gasteiger partial charge in [-0.25, -0.2) is 0 Å². The third-order valence-electron chi connectivity index (χ3n) is 2.07. The Morgan fingerprint density at radius 1 is 1.28 bits per heavy atom. The average Bonchev–Trinajstić information content (AvgIpc) is 2.31. The van der Waals surface area contributed by atoms with E-state index in [1.165, 1.54) is 11.8 Å². The van der Waals surface area contributed by atoms with Gasteiger partial charge in [0.15, 0.2) is 0 Å².